The van der Waals surface area contributed by atoms with Gasteiger partial charge in [0.25, 0.3) is 5.91 Å². The van der Waals surface area contributed by atoms with Crippen molar-refractivity contribution in [3.8, 4) is 0 Å². The number of carbonyl (C=O) groups excluding carboxylic acids is 1. The minimum Gasteiger partial charge on any atom is -0.351 e. The molecule has 0 atom stereocenters. The zero-order valence-electron chi connectivity index (χ0n) is 9.44. The molecule has 0 radical (unpaired) electrons. The van der Waals surface area contributed by atoms with Crippen molar-refractivity contribution in [3.63, 3.8) is 0 Å². The summed E-state index contributed by atoms with van der Waals surface area (Å²) in [6.07, 6.45) is 3.94. The van der Waals surface area contributed by atoms with E-state index in [1.54, 1.807) is 6.08 Å². The van der Waals surface area contributed by atoms with Crippen LogP contribution in [0.2, 0.25) is 0 Å². The summed E-state index contributed by atoms with van der Waals surface area (Å²) in [5, 5.41) is 2.73. The second kappa shape index (κ2) is 6.56. The average molecular weight is 216 g/mol. The van der Waals surface area contributed by atoms with Crippen LogP contribution in [0.5, 0.6) is 0 Å². The fraction of sp³-hybridized carbons (Fsp3) is 0.231. The van der Waals surface area contributed by atoms with Gasteiger partial charge in [0.15, 0.2) is 0 Å². The van der Waals surface area contributed by atoms with Gasteiger partial charge in [-0.3, -0.25) is 9.79 Å². The van der Waals surface area contributed by atoms with Gasteiger partial charge in [-0.15, -0.1) is 0 Å². The van der Waals surface area contributed by atoms with E-state index in [1.807, 2.05) is 31.2 Å². The van der Waals surface area contributed by atoms with Crippen LogP contribution >= 0.6 is 0 Å². The first-order valence-electron chi connectivity index (χ1n) is 5.31. The number of rotatable bonds is 5. The van der Waals surface area contributed by atoms with Crippen molar-refractivity contribution in [3.05, 3.63) is 36.4 Å². The number of carbonyl (C=O) groups is 1. The minimum atomic E-state index is -0.166. The van der Waals surface area contributed by atoms with Gasteiger partial charge >= 0.3 is 0 Å². The molecule has 0 saturated carbocycles. The lowest BCUT2D eigenvalue weighted by molar-refractivity contribution is -0.114. The van der Waals surface area contributed by atoms with E-state index in [9.17, 15) is 4.79 Å². The number of amides is 1. The summed E-state index contributed by atoms with van der Waals surface area (Å²) in [5.41, 5.74) is 1.67. The summed E-state index contributed by atoms with van der Waals surface area (Å²) >= 11 is 0. The van der Waals surface area contributed by atoms with Gasteiger partial charge in [-0.2, -0.15) is 0 Å². The van der Waals surface area contributed by atoms with E-state index in [-0.39, 0.29) is 5.91 Å². The monoisotopic (exact) mass is 216 g/mol. The first-order chi connectivity index (χ1) is 7.77. The SMILES string of the molecule is C=Cc1ccccc1N=CC(=O)NCCC. The van der Waals surface area contributed by atoms with Crippen LogP contribution in [-0.2, 0) is 4.79 Å². The Hall–Kier alpha value is -1.90. The molecule has 0 unspecified atom stereocenters. The Labute approximate surface area is 95.9 Å². The number of para-hydroxylation sites is 1. The Morgan fingerprint density at radius 2 is 2.25 bits per heavy atom. The first-order valence-corrected chi connectivity index (χ1v) is 5.31. The van der Waals surface area contributed by atoms with E-state index in [1.165, 1.54) is 6.21 Å². The Balaban J connectivity index is 2.68. The van der Waals surface area contributed by atoms with Crippen LogP contribution in [0.4, 0.5) is 5.69 Å². The quantitative estimate of drug-likeness (QED) is 0.755. The lowest BCUT2D eigenvalue weighted by Crippen LogP contribution is -2.24. The van der Waals surface area contributed by atoms with E-state index in [4.69, 9.17) is 0 Å². The fourth-order valence-electron chi connectivity index (χ4n) is 1.20. The van der Waals surface area contributed by atoms with Crippen molar-refractivity contribution in [1.29, 1.82) is 0 Å². The number of nitrogens with zero attached hydrogens (tertiary/aromatic N) is 1. The summed E-state index contributed by atoms with van der Waals surface area (Å²) in [4.78, 5) is 15.4. The number of benzene rings is 1. The van der Waals surface area contributed by atoms with Crippen LogP contribution in [0.15, 0.2) is 35.8 Å². The van der Waals surface area contributed by atoms with Crippen molar-refractivity contribution in [2.75, 3.05) is 6.54 Å². The van der Waals surface area contributed by atoms with Gasteiger partial charge < -0.3 is 5.32 Å². The van der Waals surface area contributed by atoms with Crippen LogP contribution in [0.1, 0.15) is 18.9 Å². The Morgan fingerprint density at radius 1 is 1.50 bits per heavy atom. The first kappa shape index (κ1) is 12.2. The molecule has 3 heteroatoms. The Bertz CT molecular complexity index is 397. The van der Waals surface area contributed by atoms with E-state index < -0.39 is 0 Å². The predicted octanol–water partition coefficient (Wildman–Crippen LogP) is 2.56. The molecule has 0 aliphatic heterocycles. The number of hydrogen-bond donors (Lipinski definition) is 1. The highest BCUT2D eigenvalue weighted by molar-refractivity contribution is 6.26. The smallest absolute Gasteiger partial charge is 0.262 e. The molecule has 84 valence electrons. The summed E-state index contributed by atoms with van der Waals surface area (Å²) < 4.78 is 0. The van der Waals surface area contributed by atoms with Gasteiger partial charge in [0.05, 0.1) is 11.9 Å². The summed E-state index contributed by atoms with van der Waals surface area (Å²) in [6.45, 7) is 6.37. The van der Waals surface area contributed by atoms with Crippen LogP contribution < -0.4 is 5.32 Å². The van der Waals surface area contributed by atoms with Gasteiger partial charge in [0.1, 0.15) is 0 Å². The highest BCUT2D eigenvalue weighted by Gasteiger charge is 1.97. The predicted molar refractivity (Wildman–Crippen MR) is 68.0 cm³/mol. The number of nitrogens with one attached hydrogen (secondary N) is 1. The maximum Gasteiger partial charge on any atom is 0.262 e. The van der Waals surface area contributed by atoms with Crippen molar-refractivity contribution in [2.24, 2.45) is 4.99 Å². The molecule has 0 saturated heterocycles. The molecule has 1 aromatic carbocycles. The van der Waals surface area contributed by atoms with Gasteiger partial charge in [0.2, 0.25) is 0 Å². The van der Waals surface area contributed by atoms with E-state index in [0.29, 0.717) is 6.54 Å². The Morgan fingerprint density at radius 3 is 2.94 bits per heavy atom. The summed E-state index contributed by atoms with van der Waals surface area (Å²) in [6, 6.07) is 7.54. The third-order valence-corrected chi connectivity index (χ3v) is 2.03. The van der Waals surface area contributed by atoms with E-state index in [0.717, 1.165) is 17.7 Å². The normalized spacial score (nSPS) is 10.3. The molecule has 1 rings (SSSR count). The molecule has 0 aliphatic carbocycles. The third-order valence-electron chi connectivity index (χ3n) is 2.03. The molecule has 0 fully saturated rings. The summed E-state index contributed by atoms with van der Waals surface area (Å²) in [5.74, 6) is -0.166. The molecular weight excluding hydrogens is 200 g/mol. The number of aliphatic imine (C=N–C) groups is 1. The van der Waals surface area contributed by atoms with Crippen LogP contribution in [0.3, 0.4) is 0 Å². The number of hydrogen-bond acceptors (Lipinski definition) is 2. The highest BCUT2D eigenvalue weighted by atomic mass is 16.1. The molecule has 1 N–H and O–H groups in total. The van der Waals surface area contributed by atoms with E-state index >= 15 is 0 Å². The molecular formula is C13H16N2O. The van der Waals surface area contributed by atoms with Gasteiger partial charge in [0, 0.05) is 6.54 Å². The topological polar surface area (TPSA) is 41.5 Å². The van der Waals surface area contributed by atoms with Crippen molar-refractivity contribution in [2.45, 2.75) is 13.3 Å². The molecule has 0 heterocycles. The highest BCUT2D eigenvalue weighted by Crippen LogP contribution is 2.18. The second-order valence-electron chi connectivity index (χ2n) is 3.31. The molecule has 0 spiro atoms. The maximum atomic E-state index is 11.3. The lowest BCUT2D eigenvalue weighted by atomic mass is 10.2. The van der Waals surface area contributed by atoms with Crippen LogP contribution in [0.25, 0.3) is 6.08 Å². The second-order valence-corrected chi connectivity index (χ2v) is 3.31. The standard InChI is InChI=1S/C13H16N2O/c1-3-9-14-13(16)10-15-12-8-6-5-7-11(12)4-2/h4-8,10H,2-3,9H2,1H3,(H,14,16). The van der Waals surface area contributed by atoms with Crippen molar-refractivity contribution < 1.29 is 4.79 Å². The molecule has 3 nitrogen and oxygen atoms in total. The largest absolute Gasteiger partial charge is 0.351 e. The fourth-order valence-corrected chi connectivity index (χ4v) is 1.20. The molecule has 0 aliphatic rings. The van der Waals surface area contributed by atoms with E-state index in [2.05, 4.69) is 16.9 Å². The molecule has 1 amide bonds. The minimum absolute atomic E-state index is 0.166. The summed E-state index contributed by atoms with van der Waals surface area (Å²) in [7, 11) is 0. The van der Waals surface area contributed by atoms with Crippen LogP contribution in [-0.4, -0.2) is 18.7 Å². The third kappa shape index (κ3) is 3.69. The average Bonchev–Trinajstić information content (AvgIpc) is 2.34. The molecule has 16 heavy (non-hydrogen) atoms. The van der Waals surface area contributed by atoms with Crippen molar-refractivity contribution >= 4 is 23.9 Å². The molecule has 0 bridgehead atoms. The van der Waals surface area contributed by atoms with Gasteiger partial charge in [-0.05, 0) is 18.1 Å². The molecule has 1 aromatic rings. The lowest BCUT2D eigenvalue weighted by Gasteiger charge is -2.00. The zero-order chi connectivity index (χ0) is 11.8. The van der Waals surface area contributed by atoms with Gasteiger partial charge in [-0.1, -0.05) is 37.8 Å². The van der Waals surface area contributed by atoms with Crippen molar-refractivity contribution in [1.82, 2.24) is 5.32 Å². The molecule has 0 aromatic heterocycles. The van der Waals surface area contributed by atoms with Crippen LogP contribution in [0, 0.1) is 0 Å². The van der Waals surface area contributed by atoms with Gasteiger partial charge in [-0.25, -0.2) is 0 Å². The zero-order valence-corrected chi connectivity index (χ0v) is 9.44. The maximum absolute atomic E-state index is 11.3. The Kier molecular flexibility index (Phi) is 4.99.